The van der Waals surface area contributed by atoms with Gasteiger partial charge in [-0.15, -0.1) is 0 Å². The number of anilines is 1. The number of nitrogens with two attached hydrogens (primary N) is 1. The van der Waals surface area contributed by atoms with Crippen LogP contribution in [0.15, 0.2) is 12.3 Å². The van der Waals surface area contributed by atoms with Crippen molar-refractivity contribution in [2.75, 3.05) is 25.6 Å². The van der Waals surface area contributed by atoms with E-state index in [-0.39, 0.29) is 6.61 Å². The molecule has 1 aromatic rings. The van der Waals surface area contributed by atoms with Crippen LogP contribution in [-0.4, -0.2) is 30.8 Å². The molecule has 0 atom stereocenters. The van der Waals surface area contributed by atoms with E-state index in [1.165, 1.54) is 6.20 Å². The van der Waals surface area contributed by atoms with Gasteiger partial charge in [-0.2, -0.15) is 0 Å². The molecule has 0 bridgehead atoms. The van der Waals surface area contributed by atoms with Gasteiger partial charge in [0.05, 0.1) is 29.7 Å². The molecule has 0 aromatic carbocycles. The number of esters is 1. The Morgan fingerprint density at radius 1 is 1.44 bits per heavy atom. The largest absolute Gasteiger partial charge is 0.460 e. The highest BCUT2D eigenvalue weighted by Gasteiger charge is 2.11. The fourth-order valence-electron chi connectivity index (χ4n) is 1.35. The van der Waals surface area contributed by atoms with Crippen LogP contribution in [0.2, 0.25) is 0 Å². The third kappa shape index (κ3) is 4.71. The van der Waals surface area contributed by atoms with Crippen molar-refractivity contribution in [3.05, 3.63) is 23.5 Å². The van der Waals surface area contributed by atoms with Gasteiger partial charge in [-0.1, -0.05) is 13.8 Å². The van der Waals surface area contributed by atoms with Crippen LogP contribution in [0.4, 0.5) is 5.69 Å². The van der Waals surface area contributed by atoms with E-state index in [1.807, 2.05) is 0 Å². The lowest BCUT2D eigenvalue weighted by molar-refractivity contribution is 0.0276. The second kappa shape index (κ2) is 6.96. The predicted molar refractivity (Wildman–Crippen MR) is 69.3 cm³/mol. The summed E-state index contributed by atoms with van der Waals surface area (Å²) in [7, 11) is 0. The van der Waals surface area contributed by atoms with E-state index in [9.17, 15) is 4.79 Å². The Balaban J connectivity index is 2.39. The summed E-state index contributed by atoms with van der Waals surface area (Å²) in [6.45, 7) is 7.17. The summed E-state index contributed by atoms with van der Waals surface area (Å²) in [6.07, 6.45) is 1.51. The van der Waals surface area contributed by atoms with Crippen LogP contribution < -0.4 is 5.73 Å². The van der Waals surface area contributed by atoms with E-state index in [0.29, 0.717) is 36.1 Å². The van der Waals surface area contributed by atoms with Crippen molar-refractivity contribution in [2.24, 2.45) is 5.92 Å². The third-order valence-corrected chi connectivity index (χ3v) is 2.24. The maximum Gasteiger partial charge on any atom is 0.340 e. The first-order chi connectivity index (χ1) is 8.50. The monoisotopic (exact) mass is 252 g/mol. The summed E-state index contributed by atoms with van der Waals surface area (Å²) in [5, 5.41) is 0. The van der Waals surface area contributed by atoms with Gasteiger partial charge in [0.25, 0.3) is 0 Å². The first-order valence-electron chi connectivity index (χ1n) is 5.97. The molecule has 2 N–H and O–H groups in total. The van der Waals surface area contributed by atoms with E-state index in [2.05, 4.69) is 18.8 Å². The maximum atomic E-state index is 11.7. The number of pyridine rings is 1. The quantitative estimate of drug-likeness (QED) is 0.617. The number of carbonyl (C=O) groups excluding carboxylic acids is 1. The lowest BCUT2D eigenvalue weighted by Crippen LogP contribution is -2.14. The Morgan fingerprint density at radius 2 is 2.17 bits per heavy atom. The van der Waals surface area contributed by atoms with Gasteiger partial charge in [-0.25, -0.2) is 4.79 Å². The molecule has 18 heavy (non-hydrogen) atoms. The fourth-order valence-corrected chi connectivity index (χ4v) is 1.35. The summed E-state index contributed by atoms with van der Waals surface area (Å²) in [5.74, 6) is 0.0570. The summed E-state index contributed by atoms with van der Waals surface area (Å²) < 4.78 is 10.4. The minimum atomic E-state index is -0.416. The number of hydrogen-bond acceptors (Lipinski definition) is 5. The first kappa shape index (κ1) is 14.4. The molecule has 0 aliphatic carbocycles. The van der Waals surface area contributed by atoms with E-state index in [0.717, 1.165) is 0 Å². The standard InChI is InChI=1S/C13H20N2O3/c1-9(2)8-17-4-5-18-13(16)12-6-11(14)7-15-10(12)3/h6-7,9H,4-5,8,14H2,1-3H3. The average molecular weight is 252 g/mol. The fraction of sp³-hybridized carbons (Fsp3) is 0.538. The van der Waals surface area contributed by atoms with Gasteiger partial charge >= 0.3 is 5.97 Å². The van der Waals surface area contributed by atoms with Crippen LogP contribution in [0.5, 0.6) is 0 Å². The van der Waals surface area contributed by atoms with Crippen molar-refractivity contribution in [2.45, 2.75) is 20.8 Å². The van der Waals surface area contributed by atoms with Gasteiger partial charge in [0.1, 0.15) is 6.61 Å². The number of nitrogens with zero attached hydrogens (tertiary/aromatic N) is 1. The Morgan fingerprint density at radius 3 is 2.83 bits per heavy atom. The van der Waals surface area contributed by atoms with E-state index < -0.39 is 5.97 Å². The number of ether oxygens (including phenoxy) is 2. The molecule has 0 radical (unpaired) electrons. The van der Waals surface area contributed by atoms with Gasteiger partial charge < -0.3 is 15.2 Å². The molecule has 1 aromatic heterocycles. The molecule has 0 spiro atoms. The zero-order valence-corrected chi connectivity index (χ0v) is 11.1. The van der Waals surface area contributed by atoms with Crippen molar-refractivity contribution in [1.29, 1.82) is 0 Å². The Kier molecular flexibility index (Phi) is 5.58. The van der Waals surface area contributed by atoms with Crippen molar-refractivity contribution in [3.8, 4) is 0 Å². The SMILES string of the molecule is Cc1ncc(N)cc1C(=O)OCCOCC(C)C. The number of hydrogen-bond donors (Lipinski definition) is 1. The second-order valence-electron chi connectivity index (χ2n) is 4.51. The average Bonchev–Trinajstić information content (AvgIpc) is 2.31. The van der Waals surface area contributed by atoms with E-state index >= 15 is 0 Å². The molecule has 100 valence electrons. The Bertz CT molecular complexity index is 405. The number of aromatic nitrogens is 1. The lowest BCUT2D eigenvalue weighted by Gasteiger charge is -2.09. The van der Waals surface area contributed by atoms with Gasteiger partial charge in [0.15, 0.2) is 0 Å². The molecule has 5 heteroatoms. The molecule has 0 unspecified atom stereocenters. The van der Waals surface area contributed by atoms with Crippen molar-refractivity contribution >= 4 is 11.7 Å². The minimum absolute atomic E-state index is 0.236. The second-order valence-corrected chi connectivity index (χ2v) is 4.51. The van der Waals surface area contributed by atoms with E-state index in [4.69, 9.17) is 15.2 Å². The highest BCUT2D eigenvalue weighted by atomic mass is 16.6. The molecule has 5 nitrogen and oxygen atoms in total. The Labute approximate surface area is 107 Å². The number of carbonyl (C=O) groups is 1. The highest BCUT2D eigenvalue weighted by molar-refractivity contribution is 5.91. The van der Waals surface area contributed by atoms with Crippen LogP contribution in [0, 0.1) is 12.8 Å². The summed E-state index contributed by atoms with van der Waals surface area (Å²) in [6, 6.07) is 1.57. The molecule has 1 rings (SSSR count). The third-order valence-electron chi connectivity index (χ3n) is 2.24. The molecule has 1 heterocycles. The van der Waals surface area contributed by atoms with Crippen LogP contribution in [0.3, 0.4) is 0 Å². The van der Waals surface area contributed by atoms with Crippen molar-refractivity contribution < 1.29 is 14.3 Å². The zero-order valence-electron chi connectivity index (χ0n) is 11.1. The van der Waals surface area contributed by atoms with Gasteiger partial charge in [0, 0.05) is 6.61 Å². The number of nitrogen functional groups attached to an aromatic ring is 1. The van der Waals surface area contributed by atoms with Crippen LogP contribution in [-0.2, 0) is 9.47 Å². The molecule has 0 amide bonds. The summed E-state index contributed by atoms with van der Waals surface area (Å²) in [4.78, 5) is 15.8. The summed E-state index contributed by atoms with van der Waals surface area (Å²) in [5.41, 5.74) is 7.04. The van der Waals surface area contributed by atoms with Crippen molar-refractivity contribution in [1.82, 2.24) is 4.98 Å². The van der Waals surface area contributed by atoms with Crippen LogP contribution >= 0.6 is 0 Å². The zero-order chi connectivity index (χ0) is 13.5. The molecule has 0 saturated carbocycles. The molecule has 0 fully saturated rings. The van der Waals surface area contributed by atoms with Crippen molar-refractivity contribution in [3.63, 3.8) is 0 Å². The van der Waals surface area contributed by atoms with Gasteiger partial charge in [0.2, 0.25) is 0 Å². The summed E-state index contributed by atoms with van der Waals surface area (Å²) >= 11 is 0. The molecule has 0 aliphatic rings. The highest BCUT2D eigenvalue weighted by Crippen LogP contribution is 2.10. The van der Waals surface area contributed by atoms with E-state index in [1.54, 1.807) is 13.0 Å². The molecule has 0 saturated heterocycles. The normalized spacial score (nSPS) is 10.7. The smallest absolute Gasteiger partial charge is 0.340 e. The van der Waals surface area contributed by atoms with Gasteiger partial charge in [-0.05, 0) is 18.9 Å². The lowest BCUT2D eigenvalue weighted by atomic mass is 10.2. The maximum absolute atomic E-state index is 11.7. The molecular formula is C13H20N2O3. The number of rotatable bonds is 6. The molecular weight excluding hydrogens is 232 g/mol. The first-order valence-corrected chi connectivity index (χ1v) is 5.97. The topological polar surface area (TPSA) is 74.4 Å². The molecule has 0 aliphatic heterocycles. The minimum Gasteiger partial charge on any atom is -0.460 e. The van der Waals surface area contributed by atoms with Crippen LogP contribution in [0.25, 0.3) is 0 Å². The van der Waals surface area contributed by atoms with Gasteiger partial charge in [-0.3, -0.25) is 4.98 Å². The van der Waals surface area contributed by atoms with Crippen LogP contribution in [0.1, 0.15) is 29.9 Å². The Hall–Kier alpha value is -1.62. The predicted octanol–water partition coefficient (Wildman–Crippen LogP) is 1.80. The number of aryl methyl sites for hydroxylation is 1.